The van der Waals surface area contributed by atoms with Crippen molar-refractivity contribution in [3.05, 3.63) is 29.8 Å². The molecule has 1 aromatic carbocycles. The number of benzene rings is 1. The number of rotatable bonds is 17. The molecule has 0 radical (unpaired) electrons. The minimum Gasteiger partial charge on any atom is -0.469 e. The van der Waals surface area contributed by atoms with Gasteiger partial charge in [0, 0.05) is 25.1 Å². The van der Waals surface area contributed by atoms with E-state index in [1.54, 1.807) is 38.1 Å². The second-order valence-corrected chi connectivity index (χ2v) is 9.16. The number of aldehydes is 1. The summed E-state index contributed by atoms with van der Waals surface area (Å²) >= 11 is 0. The minimum atomic E-state index is -0.955. The van der Waals surface area contributed by atoms with Crippen molar-refractivity contribution in [3.8, 4) is 0 Å². The predicted octanol–water partition coefficient (Wildman–Crippen LogP) is 0.728. The van der Waals surface area contributed by atoms with Crippen LogP contribution in [0.4, 0.5) is 15.3 Å². The second-order valence-electron chi connectivity index (χ2n) is 9.16. The fourth-order valence-corrected chi connectivity index (χ4v) is 3.44. The van der Waals surface area contributed by atoms with Gasteiger partial charge in [0.1, 0.15) is 25.0 Å². The maximum atomic E-state index is 13.1. The van der Waals surface area contributed by atoms with E-state index in [1.807, 2.05) is 0 Å². The maximum absolute atomic E-state index is 13.1. The van der Waals surface area contributed by atoms with Gasteiger partial charge >= 0.3 is 6.03 Å². The van der Waals surface area contributed by atoms with Crippen molar-refractivity contribution in [1.82, 2.24) is 16.0 Å². The average Bonchev–Trinajstić information content (AvgIpc) is 2.86. The van der Waals surface area contributed by atoms with E-state index in [9.17, 15) is 28.8 Å². The molecule has 0 saturated carbocycles. The van der Waals surface area contributed by atoms with E-state index in [4.69, 9.17) is 10.5 Å². The smallest absolute Gasteiger partial charge is 0.312 e. The van der Waals surface area contributed by atoms with Gasteiger partial charge in [-0.2, -0.15) is 0 Å². The van der Waals surface area contributed by atoms with Gasteiger partial charge in [0.25, 0.3) is 0 Å². The Morgan fingerprint density at radius 3 is 2.26 bits per heavy atom. The number of nitrogens with two attached hydrogens (primary N) is 1. The number of unbranched alkanes of at least 4 members (excludes halogenated alkanes) is 2. The number of anilines is 1. The van der Waals surface area contributed by atoms with Crippen LogP contribution in [0.5, 0.6) is 0 Å². The summed E-state index contributed by atoms with van der Waals surface area (Å²) in [4.78, 5) is 70.9. The predicted molar refractivity (Wildman–Crippen MR) is 144 cm³/mol. The Labute approximate surface area is 223 Å². The molecular formula is C25H38BN5O7. The van der Waals surface area contributed by atoms with Crippen LogP contribution in [0.1, 0.15) is 57.9 Å². The molecule has 0 saturated heterocycles. The molecule has 38 heavy (non-hydrogen) atoms. The SMILES string of the molecule is BC(=O)OCc1ccc(NC(=O)[C@H](CCCNC(N)=O)NC(=O)C(NC(=O)CCCCC=O)C(C)C)cc1. The summed E-state index contributed by atoms with van der Waals surface area (Å²) in [6, 6.07) is 4.17. The molecule has 13 heteroatoms. The lowest BCUT2D eigenvalue weighted by Crippen LogP contribution is -2.54. The van der Waals surface area contributed by atoms with Crippen LogP contribution in [0.2, 0.25) is 0 Å². The molecule has 12 nitrogen and oxygen atoms in total. The lowest BCUT2D eigenvalue weighted by Gasteiger charge is -2.25. The van der Waals surface area contributed by atoms with E-state index in [0.717, 1.165) is 11.8 Å². The number of amides is 5. The van der Waals surface area contributed by atoms with Gasteiger partial charge in [-0.25, -0.2) is 4.79 Å². The molecule has 0 fully saturated rings. The fourth-order valence-electron chi connectivity index (χ4n) is 3.44. The highest BCUT2D eigenvalue weighted by atomic mass is 16.5. The Kier molecular flexibility index (Phi) is 14.8. The van der Waals surface area contributed by atoms with Crippen molar-refractivity contribution in [1.29, 1.82) is 0 Å². The Hall–Kier alpha value is -3.90. The summed E-state index contributed by atoms with van der Waals surface area (Å²) in [5, 5.41) is 10.6. The maximum Gasteiger partial charge on any atom is 0.312 e. The summed E-state index contributed by atoms with van der Waals surface area (Å²) < 4.78 is 4.95. The van der Waals surface area contributed by atoms with Crippen molar-refractivity contribution < 1.29 is 33.5 Å². The number of ether oxygens (including phenoxy) is 1. The van der Waals surface area contributed by atoms with Gasteiger partial charge in [-0.05, 0) is 49.3 Å². The number of hydrogen-bond donors (Lipinski definition) is 5. The number of carbonyl (C=O) groups is 6. The van der Waals surface area contributed by atoms with Crippen molar-refractivity contribution in [3.63, 3.8) is 0 Å². The lowest BCUT2D eigenvalue weighted by atomic mass is 10.0. The third kappa shape index (κ3) is 13.4. The third-order valence-electron chi connectivity index (χ3n) is 5.51. The summed E-state index contributed by atoms with van der Waals surface area (Å²) in [6.07, 6.45) is 3.02. The highest BCUT2D eigenvalue weighted by Crippen LogP contribution is 2.13. The van der Waals surface area contributed by atoms with Gasteiger partial charge in [0.05, 0.1) is 0 Å². The highest BCUT2D eigenvalue weighted by Gasteiger charge is 2.28. The van der Waals surface area contributed by atoms with Crippen molar-refractivity contribution in [2.24, 2.45) is 11.7 Å². The Morgan fingerprint density at radius 2 is 1.68 bits per heavy atom. The topological polar surface area (TPSA) is 186 Å². The zero-order chi connectivity index (χ0) is 28.5. The van der Waals surface area contributed by atoms with E-state index < -0.39 is 35.8 Å². The summed E-state index contributed by atoms with van der Waals surface area (Å²) in [5.74, 6) is -1.96. The lowest BCUT2D eigenvalue weighted by molar-refractivity contribution is -0.132. The molecule has 1 rings (SSSR count). The minimum absolute atomic E-state index is 0.106. The molecule has 0 bridgehead atoms. The first-order valence-electron chi connectivity index (χ1n) is 12.6. The molecule has 5 amide bonds. The Bertz CT molecular complexity index is 956. The van der Waals surface area contributed by atoms with E-state index in [2.05, 4.69) is 21.3 Å². The van der Waals surface area contributed by atoms with Gasteiger partial charge in [-0.3, -0.25) is 19.2 Å². The van der Waals surface area contributed by atoms with Gasteiger partial charge in [-0.15, -0.1) is 0 Å². The van der Waals surface area contributed by atoms with E-state index >= 15 is 0 Å². The highest BCUT2D eigenvalue weighted by molar-refractivity contribution is 6.55. The average molecular weight is 531 g/mol. The van der Waals surface area contributed by atoms with Crippen LogP contribution in [0.3, 0.4) is 0 Å². The Morgan fingerprint density at radius 1 is 1.00 bits per heavy atom. The van der Waals surface area contributed by atoms with Crippen LogP contribution in [0.15, 0.2) is 24.3 Å². The van der Waals surface area contributed by atoms with Gasteiger partial charge in [0.15, 0.2) is 0 Å². The molecule has 2 atom stereocenters. The zero-order valence-electron chi connectivity index (χ0n) is 22.2. The number of nitrogens with one attached hydrogen (secondary N) is 4. The summed E-state index contributed by atoms with van der Waals surface area (Å²) in [7, 11) is 1.31. The number of primary amides is 1. The van der Waals surface area contributed by atoms with Crippen LogP contribution in [-0.4, -0.2) is 62.4 Å². The first-order chi connectivity index (χ1) is 18.0. The first-order valence-corrected chi connectivity index (χ1v) is 12.6. The Balaban J connectivity index is 2.87. The second kappa shape index (κ2) is 17.5. The van der Waals surface area contributed by atoms with Gasteiger partial charge in [0.2, 0.25) is 31.4 Å². The van der Waals surface area contributed by atoms with Gasteiger partial charge in [-0.1, -0.05) is 26.0 Å². The van der Waals surface area contributed by atoms with E-state index in [1.165, 1.54) is 7.85 Å². The van der Waals surface area contributed by atoms with Crippen LogP contribution >= 0.6 is 0 Å². The molecule has 1 aromatic rings. The third-order valence-corrected chi connectivity index (χ3v) is 5.51. The number of urea groups is 1. The van der Waals surface area contributed by atoms with Gasteiger partial charge < -0.3 is 36.5 Å². The summed E-state index contributed by atoms with van der Waals surface area (Å²) in [5.41, 5.74) is 6.30. The van der Waals surface area contributed by atoms with E-state index in [0.29, 0.717) is 31.4 Å². The zero-order valence-corrected chi connectivity index (χ0v) is 22.2. The molecule has 1 unspecified atom stereocenters. The molecular weight excluding hydrogens is 493 g/mol. The summed E-state index contributed by atoms with van der Waals surface area (Å²) in [6.45, 7) is 3.87. The largest absolute Gasteiger partial charge is 0.469 e. The fraction of sp³-hybridized carbons (Fsp3) is 0.520. The molecule has 6 N–H and O–H groups in total. The molecule has 0 aliphatic rings. The van der Waals surface area contributed by atoms with Crippen molar-refractivity contribution in [2.45, 2.75) is 71.1 Å². The quantitative estimate of drug-likeness (QED) is 0.111. The number of carbonyl (C=O) groups excluding carboxylic acids is 6. The van der Waals surface area contributed by atoms with Crippen LogP contribution in [-0.2, 0) is 30.5 Å². The molecule has 0 aliphatic carbocycles. The molecule has 0 heterocycles. The molecule has 0 spiro atoms. The molecule has 208 valence electrons. The van der Waals surface area contributed by atoms with Crippen LogP contribution < -0.4 is 27.0 Å². The van der Waals surface area contributed by atoms with E-state index in [-0.39, 0.29) is 37.8 Å². The molecule has 0 aromatic heterocycles. The van der Waals surface area contributed by atoms with Crippen molar-refractivity contribution in [2.75, 3.05) is 11.9 Å². The van der Waals surface area contributed by atoms with Crippen molar-refractivity contribution >= 4 is 49.4 Å². The first kappa shape index (κ1) is 32.1. The number of hydrogen-bond acceptors (Lipinski definition) is 7. The van der Waals surface area contributed by atoms with Crippen LogP contribution in [0, 0.1) is 5.92 Å². The monoisotopic (exact) mass is 531 g/mol. The van der Waals surface area contributed by atoms with Crippen LogP contribution in [0.25, 0.3) is 0 Å². The molecule has 0 aliphatic heterocycles. The standard InChI is InChI=1S/C25H38BN5O7/c1-16(2)21(31-20(33)8-4-3-5-14-32)23(35)30-19(7-6-13-28-25(27)37)22(34)29-18-11-9-17(10-12-18)15-38-24(26)36/h9-12,14,16,19,21H,3-8,13,15,26H2,1-2H3,(H,29,34)(H,30,35)(H,31,33)(H3,27,28,37)/t19-,21?/m0/s1. The normalized spacial score (nSPS) is 12.1.